The molecule has 0 radical (unpaired) electrons. The van der Waals surface area contributed by atoms with Crippen LogP contribution in [0.4, 0.5) is 0 Å². The molecule has 0 saturated heterocycles. The molecule has 0 saturated carbocycles. The molecule has 0 aromatic rings. The summed E-state index contributed by atoms with van der Waals surface area (Å²) in [7, 11) is 0. The molecule has 0 N–H and O–H groups in total. The zero-order valence-electron chi connectivity index (χ0n) is 15.5. The smallest absolute Gasteiger partial charge is 0.130 e. The van der Waals surface area contributed by atoms with Gasteiger partial charge in [0.25, 0.3) is 0 Å². The Balaban J connectivity index is 3.91. The van der Waals surface area contributed by atoms with Crippen LogP contribution in [0.1, 0.15) is 92.4 Å². The van der Waals surface area contributed by atoms with E-state index in [4.69, 9.17) is 0 Å². The summed E-state index contributed by atoms with van der Waals surface area (Å²) in [6.45, 7) is 10.6. The van der Waals surface area contributed by atoms with Gasteiger partial charge in [0.05, 0.1) is 0 Å². The molecule has 22 heavy (non-hydrogen) atoms. The summed E-state index contributed by atoms with van der Waals surface area (Å²) >= 11 is 0. The van der Waals surface area contributed by atoms with Gasteiger partial charge in [0, 0.05) is 6.42 Å². The summed E-state index contributed by atoms with van der Waals surface area (Å²) in [6.07, 6.45) is 17.0. The van der Waals surface area contributed by atoms with E-state index in [1.165, 1.54) is 43.3 Å². The zero-order valence-corrected chi connectivity index (χ0v) is 15.5. The first-order valence-corrected chi connectivity index (χ1v) is 8.92. The molecule has 0 heterocycles. The van der Waals surface area contributed by atoms with Crippen LogP contribution in [0.2, 0.25) is 0 Å². The van der Waals surface area contributed by atoms with Crippen LogP contribution in [-0.4, -0.2) is 5.78 Å². The van der Waals surface area contributed by atoms with Crippen molar-refractivity contribution >= 4 is 5.78 Å². The summed E-state index contributed by atoms with van der Waals surface area (Å²) in [4.78, 5) is 10.9. The molecule has 0 unspecified atom stereocenters. The van der Waals surface area contributed by atoms with E-state index in [1.807, 2.05) is 0 Å². The number of allylic oxidation sites excluding steroid dienone is 6. The van der Waals surface area contributed by atoms with Crippen LogP contribution in [0.5, 0.6) is 0 Å². The van der Waals surface area contributed by atoms with Crippen LogP contribution in [0.15, 0.2) is 34.9 Å². The molecular weight excluding hydrogens is 268 g/mol. The molecular formula is C21H36O. The first kappa shape index (κ1) is 20.9. The highest BCUT2D eigenvalue weighted by atomic mass is 16.1. The van der Waals surface area contributed by atoms with E-state index in [-0.39, 0.29) is 5.78 Å². The maximum Gasteiger partial charge on any atom is 0.130 e. The highest BCUT2D eigenvalue weighted by Gasteiger charge is 1.94. The van der Waals surface area contributed by atoms with Crippen molar-refractivity contribution < 1.29 is 4.79 Å². The SMILES string of the molecule is CCCCC(C)=CCCC(C)=CCCC(C)=CCCC(C)=O. The van der Waals surface area contributed by atoms with Crippen molar-refractivity contribution in [3.8, 4) is 0 Å². The summed E-state index contributed by atoms with van der Waals surface area (Å²) in [5.41, 5.74) is 4.44. The minimum Gasteiger partial charge on any atom is -0.300 e. The number of rotatable bonds is 12. The van der Waals surface area contributed by atoms with E-state index in [0.29, 0.717) is 6.42 Å². The minimum atomic E-state index is 0.280. The topological polar surface area (TPSA) is 17.1 Å². The van der Waals surface area contributed by atoms with Gasteiger partial charge in [0.2, 0.25) is 0 Å². The van der Waals surface area contributed by atoms with E-state index in [0.717, 1.165) is 19.3 Å². The Morgan fingerprint density at radius 1 is 0.682 bits per heavy atom. The number of carbonyl (C=O) groups excluding carboxylic acids is 1. The largest absolute Gasteiger partial charge is 0.300 e. The molecule has 1 heteroatoms. The lowest BCUT2D eigenvalue weighted by Crippen LogP contribution is -1.87. The molecule has 0 aliphatic heterocycles. The van der Waals surface area contributed by atoms with Gasteiger partial charge < -0.3 is 4.79 Å². The fraction of sp³-hybridized carbons (Fsp3) is 0.667. The van der Waals surface area contributed by atoms with E-state index in [1.54, 1.807) is 12.5 Å². The molecule has 0 rings (SSSR count). The second-order valence-electron chi connectivity index (χ2n) is 6.57. The molecule has 1 nitrogen and oxygen atoms in total. The highest BCUT2D eigenvalue weighted by Crippen LogP contribution is 2.13. The molecule has 0 atom stereocenters. The Labute approximate surface area is 138 Å². The number of ketones is 1. The van der Waals surface area contributed by atoms with Crippen molar-refractivity contribution in [1.29, 1.82) is 0 Å². The van der Waals surface area contributed by atoms with Crippen molar-refractivity contribution in [2.24, 2.45) is 0 Å². The van der Waals surface area contributed by atoms with Crippen LogP contribution in [-0.2, 0) is 4.79 Å². The lowest BCUT2D eigenvalue weighted by atomic mass is 10.0. The average Bonchev–Trinajstić information content (AvgIpc) is 2.44. The Morgan fingerprint density at radius 2 is 1.09 bits per heavy atom. The molecule has 0 bridgehead atoms. The van der Waals surface area contributed by atoms with Crippen LogP contribution < -0.4 is 0 Å². The van der Waals surface area contributed by atoms with E-state index in [9.17, 15) is 4.79 Å². The van der Waals surface area contributed by atoms with Gasteiger partial charge >= 0.3 is 0 Å². The molecule has 0 fully saturated rings. The van der Waals surface area contributed by atoms with Crippen molar-refractivity contribution in [1.82, 2.24) is 0 Å². The molecule has 126 valence electrons. The normalized spacial score (nSPS) is 13.6. The van der Waals surface area contributed by atoms with Gasteiger partial charge in [0.15, 0.2) is 0 Å². The first-order valence-electron chi connectivity index (χ1n) is 8.92. The molecule has 0 spiro atoms. The summed E-state index contributed by atoms with van der Waals surface area (Å²) in [5.74, 6) is 0.280. The van der Waals surface area contributed by atoms with Crippen molar-refractivity contribution in [2.75, 3.05) is 0 Å². The third-order valence-electron chi connectivity index (χ3n) is 3.98. The fourth-order valence-electron chi connectivity index (χ4n) is 2.38. The molecule has 0 aliphatic rings. The van der Waals surface area contributed by atoms with E-state index >= 15 is 0 Å². The zero-order chi connectivity index (χ0) is 16.8. The Bertz CT molecular complexity index is 396. The van der Waals surface area contributed by atoms with Crippen LogP contribution in [0, 0.1) is 0 Å². The fourth-order valence-corrected chi connectivity index (χ4v) is 2.38. The number of carbonyl (C=O) groups is 1. The van der Waals surface area contributed by atoms with Gasteiger partial charge in [0.1, 0.15) is 5.78 Å². The second kappa shape index (κ2) is 13.5. The number of hydrogen-bond donors (Lipinski definition) is 0. The predicted molar refractivity (Wildman–Crippen MR) is 99.2 cm³/mol. The van der Waals surface area contributed by atoms with E-state index < -0.39 is 0 Å². The van der Waals surface area contributed by atoms with Crippen molar-refractivity contribution in [3.05, 3.63) is 34.9 Å². The minimum absolute atomic E-state index is 0.280. The number of unbranched alkanes of at least 4 members (excludes halogenated alkanes) is 1. The average molecular weight is 305 g/mol. The first-order chi connectivity index (χ1) is 10.5. The van der Waals surface area contributed by atoms with Crippen LogP contribution in [0.25, 0.3) is 0 Å². The lowest BCUT2D eigenvalue weighted by Gasteiger charge is -2.02. The third kappa shape index (κ3) is 13.9. The lowest BCUT2D eigenvalue weighted by molar-refractivity contribution is -0.116. The maximum absolute atomic E-state index is 10.9. The third-order valence-corrected chi connectivity index (χ3v) is 3.98. The predicted octanol–water partition coefficient (Wildman–Crippen LogP) is 6.95. The van der Waals surface area contributed by atoms with Gasteiger partial charge in [-0.1, -0.05) is 48.3 Å². The van der Waals surface area contributed by atoms with Gasteiger partial charge in [-0.25, -0.2) is 0 Å². The summed E-state index contributed by atoms with van der Waals surface area (Å²) in [5, 5.41) is 0. The van der Waals surface area contributed by atoms with Crippen LogP contribution >= 0.6 is 0 Å². The monoisotopic (exact) mass is 304 g/mol. The Hall–Kier alpha value is -1.11. The Morgan fingerprint density at radius 3 is 1.50 bits per heavy atom. The maximum atomic E-state index is 10.9. The van der Waals surface area contributed by atoms with Crippen LogP contribution in [0.3, 0.4) is 0 Å². The molecule has 0 aromatic carbocycles. The van der Waals surface area contributed by atoms with Gasteiger partial charge in [-0.2, -0.15) is 0 Å². The van der Waals surface area contributed by atoms with E-state index in [2.05, 4.69) is 45.9 Å². The summed E-state index contributed by atoms with van der Waals surface area (Å²) in [6, 6.07) is 0. The second-order valence-corrected chi connectivity index (χ2v) is 6.57. The highest BCUT2D eigenvalue weighted by molar-refractivity contribution is 5.75. The standard InChI is InChI=1S/C21H36O/c1-6-7-11-18(2)12-8-13-19(3)14-9-15-20(4)16-10-17-21(5)22/h12,14,16H,6-11,13,15,17H2,1-5H3. The quantitative estimate of drug-likeness (QED) is 0.357. The molecule has 0 aromatic heterocycles. The van der Waals surface area contributed by atoms with Crippen molar-refractivity contribution in [2.45, 2.75) is 92.4 Å². The van der Waals surface area contributed by atoms with Crippen molar-refractivity contribution in [3.63, 3.8) is 0 Å². The van der Waals surface area contributed by atoms with Gasteiger partial charge in [-0.3, -0.25) is 0 Å². The molecule has 0 aliphatic carbocycles. The molecule has 0 amide bonds. The van der Waals surface area contributed by atoms with Gasteiger partial charge in [-0.05, 0) is 72.6 Å². The number of hydrogen-bond acceptors (Lipinski definition) is 1. The number of Topliss-reactive ketones (excluding diaryl/α,β-unsaturated/α-hetero) is 1. The van der Waals surface area contributed by atoms with Gasteiger partial charge in [-0.15, -0.1) is 0 Å². The summed E-state index contributed by atoms with van der Waals surface area (Å²) < 4.78 is 0. The Kier molecular flexibility index (Phi) is 12.9.